The molecule has 0 aliphatic heterocycles. The van der Waals surface area contributed by atoms with Crippen molar-refractivity contribution in [3.05, 3.63) is 58.7 Å². The highest BCUT2D eigenvalue weighted by atomic mass is 19.4. The topological polar surface area (TPSA) is 70.2 Å². The molecule has 0 unspecified atom stereocenters. The van der Waals surface area contributed by atoms with Crippen LogP contribution in [0.2, 0.25) is 0 Å². The Morgan fingerprint density at radius 3 is 2.23 bits per heavy atom. The van der Waals surface area contributed by atoms with Crippen LogP contribution in [0.1, 0.15) is 33.2 Å². The van der Waals surface area contributed by atoms with Crippen molar-refractivity contribution in [2.75, 3.05) is 7.11 Å². The van der Waals surface area contributed by atoms with Crippen molar-refractivity contribution >= 4 is 5.97 Å². The summed E-state index contributed by atoms with van der Waals surface area (Å²) in [4.78, 5) is 15.0. The normalized spacial score (nSPS) is 12.3. The number of esters is 1. The van der Waals surface area contributed by atoms with Crippen molar-refractivity contribution in [3.8, 4) is 11.4 Å². The van der Waals surface area contributed by atoms with E-state index < -0.39 is 29.9 Å². The van der Waals surface area contributed by atoms with Gasteiger partial charge in [-0.25, -0.2) is 4.79 Å². The van der Waals surface area contributed by atoms with Crippen molar-refractivity contribution < 1.29 is 40.4 Å². The van der Waals surface area contributed by atoms with Gasteiger partial charge < -0.3 is 13.8 Å². The Hall–Kier alpha value is -3.31. The lowest BCUT2D eigenvalue weighted by Crippen LogP contribution is -2.15. The van der Waals surface area contributed by atoms with Crippen LogP contribution in [0.25, 0.3) is 11.4 Å². The van der Waals surface area contributed by atoms with Crippen molar-refractivity contribution in [3.63, 3.8) is 0 Å². The summed E-state index contributed by atoms with van der Waals surface area (Å²) >= 11 is 0. The molecule has 160 valence electrons. The minimum atomic E-state index is -4.79. The highest BCUT2D eigenvalue weighted by molar-refractivity contribution is 5.91. The lowest BCUT2D eigenvalue weighted by atomic mass is 10.1. The summed E-state index contributed by atoms with van der Waals surface area (Å²) in [6, 6.07) is 6.25. The van der Waals surface area contributed by atoms with Crippen LogP contribution < -0.4 is 0 Å². The Bertz CT molecular complexity index is 1060. The number of ether oxygens (including phenoxy) is 1. The number of aromatic nitrogens is 3. The standard InChI is InChI=1S/C18H13F6N3O3/c1-9-12(15(28)29-2)7-13(17(19,20)21)27(9)8-10-3-5-11(6-4-10)14-25-16(30-26-14)18(22,23)24/h3-7H,8H2,1-2H3. The number of carbonyl (C=O) groups excluding carboxylic acids is 1. The van der Waals surface area contributed by atoms with Crippen molar-refractivity contribution in [2.45, 2.75) is 25.8 Å². The monoisotopic (exact) mass is 433 g/mol. The number of nitrogens with zero attached hydrogens (tertiary/aromatic N) is 3. The molecule has 2 heterocycles. The van der Waals surface area contributed by atoms with Gasteiger partial charge in [0.2, 0.25) is 5.82 Å². The number of halogens is 6. The molecule has 0 fully saturated rings. The Balaban J connectivity index is 1.91. The maximum absolute atomic E-state index is 13.4. The zero-order chi connectivity index (χ0) is 22.3. The molecule has 0 amide bonds. The number of methoxy groups -OCH3 is 1. The van der Waals surface area contributed by atoms with Crippen LogP contribution in [-0.4, -0.2) is 27.8 Å². The molecule has 3 aromatic rings. The summed E-state index contributed by atoms with van der Waals surface area (Å²) in [6.45, 7) is 1.12. The predicted octanol–water partition coefficient (Wildman–Crippen LogP) is 4.72. The van der Waals surface area contributed by atoms with Gasteiger partial charge in [0.05, 0.1) is 12.7 Å². The number of hydrogen-bond acceptors (Lipinski definition) is 5. The van der Waals surface area contributed by atoms with Crippen LogP contribution in [0.5, 0.6) is 0 Å². The van der Waals surface area contributed by atoms with E-state index in [2.05, 4.69) is 19.4 Å². The molecule has 30 heavy (non-hydrogen) atoms. The molecule has 0 N–H and O–H groups in total. The second kappa shape index (κ2) is 7.50. The predicted molar refractivity (Wildman–Crippen MR) is 89.3 cm³/mol. The third-order valence-corrected chi connectivity index (χ3v) is 4.28. The van der Waals surface area contributed by atoms with Crippen molar-refractivity contribution in [1.82, 2.24) is 14.7 Å². The smallest absolute Gasteiger partial charge is 0.465 e. The van der Waals surface area contributed by atoms with Crippen molar-refractivity contribution in [2.24, 2.45) is 0 Å². The Morgan fingerprint density at radius 1 is 1.10 bits per heavy atom. The highest BCUT2D eigenvalue weighted by Gasteiger charge is 2.39. The fraction of sp³-hybridized carbons (Fsp3) is 0.278. The van der Waals surface area contributed by atoms with Gasteiger partial charge in [0.1, 0.15) is 5.69 Å². The van der Waals surface area contributed by atoms with Gasteiger partial charge in [0, 0.05) is 17.8 Å². The molecule has 6 nitrogen and oxygen atoms in total. The number of alkyl halides is 6. The van der Waals surface area contributed by atoms with Crippen LogP contribution >= 0.6 is 0 Å². The van der Waals surface area contributed by atoms with E-state index in [1.165, 1.54) is 31.2 Å². The van der Waals surface area contributed by atoms with Crippen LogP contribution in [0.3, 0.4) is 0 Å². The Kier molecular flexibility index (Phi) is 5.35. The molecule has 1 aromatic carbocycles. The first-order valence-corrected chi connectivity index (χ1v) is 8.27. The fourth-order valence-corrected chi connectivity index (χ4v) is 2.80. The second-order valence-electron chi connectivity index (χ2n) is 6.22. The Labute approximate surface area is 165 Å². The fourth-order valence-electron chi connectivity index (χ4n) is 2.80. The summed E-state index contributed by atoms with van der Waals surface area (Å²) in [5.41, 5.74) is -0.593. The minimum Gasteiger partial charge on any atom is -0.465 e. The SMILES string of the molecule is COC(=O)c1cc(C(F)(F)F)n(Cc2ccc(-c3noc(C(F)(F)F)n3)cc2)c1C. The van der Waals surface area contributed by atoms with Gasteiger partial charge in [-0.1, -0.05) is 29.4 Å². The quantitative estimate of drug-likeness (QED) is 0.440. The first-order chi connectivity index (χ1) is 13.9. The van der Waals surface area contributed by atoms with E-state index in [-0.39, 0.29) is 29.2 Å². The Morgan fingerprint density at radius 2 is 1.73 bits per heavy atom. The number of benzene rings is 1. The number of carbonyl (C=O) groups is 1. The van der Waals surface area contributed by atoms with Gasteiger partial charge in [-0.2, -0.15) is 31.3 Å². The average Bonchev–Trinajstić information content (AvgIpc) is 3.27. The zero-order valence-corrected chi connectivity index (χ0v) is 15.4. The summed E-state index contributed by atoms with van der Waals surface area (Å²) in [7, 11) is 1.06. The molecule has 0 spiro atoms. The van der Waals surface area contributed by atoms with Crippen LogP contribution in [0.4, 0.5) is 26.3 Å². The summed E-state index contributed by atoms with van der Waals surface area (Å²) in [5, 5.41) is 3.25. The lowest BCUT2D eigenvalue weighted by molar-refractivity contribution is -0.159. The minimum absolute atomic E-state index is 0.0613. The van der Waals surface area contributed by atoms with E-state index in [9.17, 15) is 31.1 Å². The molecule has 0 aliphatic rings. The number of hydrogen-bond donors (Lipinski definition) is 0. The van der Waals surface area contributed by atoms with Gasteiger partial charge in [0.25, 0.3) is 0 Å². The molecule has 0 bridgehead atoms. The second-order valence-corrected chi connectivity index (χ2v) is 6.22. The molecule has 0 aliphatic carbocycles. The summed E-state index contributed by atoms with van der Waals surface area (Å²) in [6.07, 6.45) is -9.50. The van der Waals surface area contributed by atoms with E-state index in [4.69, 9.17) is 0 Å². The zero-order valence-electron chi connectivity index (χ0n) is 15.4. The maximum Gasteiger partial charge on any atom is 0.471 e. The molecule has 0 saturated heterocycles. The molecule has 12 heteroatoms. The van der Waals surface area contributed by atoms with Crippen LogP contribution in [-0.2, 0) is 23.6 Å². The molecular formula is C18H13F6N3O3. The van der Waals surface area contributed by atoms with E-state index >= 15 is 0 Å². The van der Waals surface area contributed by atoms with Gasteiger partial charge in [-0.15, -0.1) is 0 Å². The first kappa shape index (κ1) is 21.4. The van der Waals surface area contributed by atoms with E-state index in [1.54, 1.807) is 0 Å². The third-order valence-electron chi connectivity index (χ3n) is 4.28. The van der Waals surface area contributed by atoms with E-state index in [0.717, 1.165) is 11.7 Å². The number of rotatable bonds is 4. The largest absolute Gasteiger partial charge is 0.471 e. The van der Waals surface area contributed by atoms with Crippen LogP contribution in [0, 0.1) is 6.92 Å². The van der Waals surface area contributed by atoms with E-state index in [1.807, 2.05) is 0 Å². The molecule has 3 rings (SSSR count). The lowest BCUT2D eigenvalue weighted by Gasteiger charge is -2.14. The molecule has 2 aromatic heterocycles. The molecule has 0 atom stereocenters. The third kappa shape index (κ3) is 4.16. The van der Waals surface area contributed by atoms with Gasteiger partial charge in [-0.05, 0) is 18.6 Å². The van der Waals surface area contributed by atoms with Crippen molar-refractivity contribution in [1.29, 1.82) is 0 Å². The van der Waals surface area contributed by atoms with Gasteiger partial charge in [-0.3, -0.25) is 0 Å². The van der Waals surface area contributed by atoms with E-state index in [0.29, 0.717) is 11.6 Å². The van der Waals surface area contributed by atoms with Gasteiger partial charge in [0.15, 0.2) is 0 Å². The summed E-state index contributed by atoms with van der Waals surface area (Å²) < 4.78 is 87.5. The van der Waals surface area contributed by atoms with Crippen LogP contribution in [0.15, 0.2) is 34.9 Å². The average molecular weight is 433 g/mol. The summed E-state index contributed by atoms with van der Waals surface area (Å²) in [5.74, 6) is -2.71. The molecule has 0 saturated carbocycles. The first-order valence-electron chi connectivity index (χ1n) is 8.27. The highest BCUT2D eigenvalue weighted by Crippen LogP contribution is 2.34. The molecule has 0 radical (unpaired) electrons. The molecular weight excluding hydrogens is 420 g/mol. The maximum atomic E-state index is 13.4. The van der Waals surface area contributed by atoms with Gasteiger partial charge >= 0.3 is 24.2 Å².